The summed E-state index contributed by atoms with van der Waals surface area (Å²) < 4.78 is 18.7. The van der Waals surface area contributed by atoms with E-state index in [0.717, 1.165) is 11.4 Å². The van der Waals surface area contributed by atoms with Crippen molar-refractivity contribution in [1.29, 1.82) is 0 Å². The normalized spacial score (nSPS) is 11.2. The highest BCUT2D eigenvalue weighted by atomic mass is 19.1. The van der Waals surface area contributed by atoms with E-state index in [9.17, 15) is 4.39 Å². The molecule has 0 fully saturated rings. The minimum atomic E-state index is -0.443. The molecular formula is C15H16FN3O2. The van der Waals surface area contributed by atoms with Gasteiger partial charge in [-0.2, -0.15) is 0 Å². The number of hydrogen-bond donors (Lipinski definition) is 3. The minimum absolute atomic E-state index is 0.128. The highest BCUT2D eigenvalue weighted by molar-refractivity contribution is 5.97. The van der Waals surface area contributed by atoms with Gasteiger partial charge in [0.05, 0.1) is 7.11 Å². The standard InChI is InChI=1S/C15H16FN3O2/c1-21-14-4-2-3-13(8-14)18-9-10-5-11(15(17)19-20)7-12(16)6-10/h2-8,18,20H,9H2,1H3,(H2,17,19). The van der Waals surface area contributed by atoms with E-state index in [2.05, 4.69) is 10.5 Å². The van der Waals surface area contributed by atoms with Gasteiger partial charge in [0.2, 0.25) is 0 Å². The van der Waals surface area contributed by atoms with Crippen molar-refractivity contribution in [2.75, 3.05) is 12.4 Å². The van der Waals surface area contributed by atoms with Crippen molar-refractivity contribution >= 4 is 11.5 Å². The molecule has 110 valence electrons. The fourth-order valence-electron chi connectivity index (χ4n) is 1.90. The van der Waals surface area contributed by atoms with Crippen LogP contribution in [0.3, 0.4) is 0 Å². The quantitative estimate of drug-likeness (QED) is 0.342. The average Bonchev–Trinajstić information content (AvgIpc) is 2.51. The lowest BCUT2D eigenvalue weighted by Gasteiger charge is -2.09. The SMILES string of the molecule is COc1cccc(NCc2cc(F)cc(/C(N)=N/O)c2)c1. The van der Waals surface area contributed by atoms with Crippen LogP contribution in [-0.2, 0) is 6.54 Å². The molecule has 0 spiro atoms. The van der Waals surface area contributed by atoms with E-state index >= 15 is 0 Å². The largest absolute Gasteiger partial charge is 0.497 e. The molecule has 2 aromatic rings. The molecule has 0 saturated heterocycles. The Morgan fingerprint density at radius 2 is 2.14 bits per heavy atom. The maximum atomic E-state index is 13.5. The van der Waals surface area contributed by atoms with Gasteiger partial charge in [-0.3, -0.25) is 0 Å². The van der Waals surface area contributed by atoms with Gasteiger partial charge in [-0.1, -0.05) is 11.2 Å². The third kappa shape index (κ3) is 3.85. The van der Waals surface area contributed by atoms with Gasteiger partial charge in [-0.05, 0) is 35.9 Å². The number of halogens is 1. The smallest absolute Gasteiger partial charge is 0.170 e. The van der Waals surface area contributed by atoms with Crippen LogP contribution in [-0.4, -0.2) is 18.2 Å². The van der Waals surface area contributed by atoms with Crippen LogP contribution in [0.5, 0.6) is 5.75 Å². The first-order valence-corrected chi connectivity index (χ1v) is 6.27. The Balaban J connectivity index is 2.14. The van der Waals surface area contributed by atoms with Gasteiger partial charge >= 0.3 is 0 Å². The van der Waals surface area contributed by atoms with E-state index < -0.39 is 5.82 Å². The molecule has 0 aliphatic rings. The zero-order valence-corrected chi connectivity index (χ0v) is 11.5. The number of ether oxygens (including phenoxy) is 1. The summed E-state index contributed by atoms with van der Waals surface area (Å²) in [6.07, 6.45) is 0. The van der Waals surface area contributed by atoms with Crippen LogP contribution in [0, 0.1) is 5.82 Å². The molecule has 0 radical (unpaired) electrons. The summed E-state index contributed by atoms with van der Waals surface area (Å²) in [5.41, 5.74) is 7.34. The predicted octanol–water partition coefficient (Wildman–Crippen LogP) is 2.54. The molecule has 0 saturated carbocycles. The Labute approximate surface area is 121 Å². The predicted molar refractivity (Wildman–Crippen MR) is 79.2 cm³/mol. The van der Waals surface area contributed by atoms with Gasteiger partial charge in [-0.15, -0.1) is 0 Å². The third-order valence-electron chi connectivity index (χ3n) is 2.93. The Morgan fingerprint density at radius 1 is 1.33 bits per heavy atom. The molecule has 2 rings (SSSR count). The summed E-state index contributed by atoms with van der Waals surface area (Å²) >= 11 is 0. The lowest BCUT2D eigenvalue weighted by molar-refractivity contribution is 0.318. The third-order valence-corrected chi connectivity index (χ3v) is 2.93. The fraction of sp³-hybridized carbons (Fsp3) is 0.133. The summed E-state index contributed by atoms with van der Waals surface area (Å²) in [6, 6.07) is 11.7. The summed E-state index contributed by atoms with van der Waals surface area (Å²) in [5, 5.41) is 14.7. The number of benzene rings is 2. The number of hydrogen-bond acceptors (Lipinski definition) is 4. The van der Waals surface area contributed by atoms with Crippen molar-refractivity contribution in [3.8, 4) is 5.75 Å². The molecule has 0 aliphatic carbocycles. The van der Waals surface area contributed by atoms with Gasteiger partial charge in [-0.25, -0.2) is 4.39 Å². The van der Waals surface area contributed by atoms with Crippen LogP contribution in [0.1, 0.15) is 11.1 Å². The number of oxime groups is 1. The molecule has 0 unspecified atom stereocenters. The molecule has 0 heterocycles. The zero-order chi connectivity index (χ0) is 15.2. The summed E-state index contributed by atoms with van der Waals surface area (Å²) in [6.45, 7) is 0.399. The molecule has 0 aliphatic heterocycles. The van der Waals surface area contributed by atoms with E-state index in [1.807, 2.05) is 24.3 Å². The second-order valence-corrected chi connectivity index (χ2v) is 4.42. The van der Waals surface area contributed by atoms with Crippen molar-refractivity contribution in [2.45, 2.75) is 6.54 Å². The van der Waals surface area contributed by atoms with Crippen LogP contribution in [0.15, 0.2) is 47.6 Å². The van der Waals surface area contributed by atoms with Gasteiger partial charge in [0.15, 0.2) is 5.84 Å². The molecule has 0 amide bonds. The van der Waals surface area contributed by atoms with E-state index in [0.29, 0.717) is 17.7 Å². The highest BCUT2D eigenvalue weighted by Gasteiger charge is 2.05. The Hall–Kier alpha value is -2.76. The van der Waals surface area contributed by atoms with Gasteiger partial charge in [0.1, 0.15) is 11.6 Å². The van der Waals surface area contributed by atoms with Gasteiger partial charge < -0.3 is 21.0 Å². The monoisotopic (exact) mass is 289 g/mol. The van der Waals surface area contributed by atoms with E-state index in [1.165, 1.54) is 12.1 Å². The Morgan fingerprint density at radius 3 is 2.86 bits per heavy atom. The van der Waals surface area contributed by atoms with Crippen LogP contribution >= 0.6 is 0 Å². The van der Waals surface area contributed by atoms with Crippen LogP contribution in [0.2, 0.25) is 0 Å². The van der Waals surface area contributed by atoms with Gasteiger partial charge in [0.25, 0.3) is 0 Å². The zero-order valence-electron chi connectivity index (χ0n) is 11.5. The maximum absolute atomic E-state index is 13.5. The molecule has 4 N–H and O–H groups in total. The lowest BCUT2D eigenvalue weighted by atomic mass is 10.1. The summed E-state index contributed by atoms with van der Waals surface area (Å²) in [4.78, 5) is 0. The Bertz CT molecular complexity index is 659. The van der Waals surface area contributed by atoms with E-state index in [1.54, 1.807) is 13.2 Å². The molecule has 6 heteroatoms. The van der Waals surface area contributed by atoms with Crippen LogP contribution < -0.4 is 15.8 Å². The molecule has 21 heavy (non-hydrogen) atoms. The van der Waals surface area contributed by atoms with E-state index in [4.69, 9.17) is 15.7 Å². The average molecular weight is 289 g/mol. The minimum Gasteiger partial charge on any atom is -0.497 e. The number of anilines is 1. The molecule has 0 atom stereocenters. The molecule has 0 bridgehead atoms. The first-order chi connectivity index (χ1) is 10.1. The molecule has 5 nitrogen and oxygen atoms in total. The van der Waals surface area contributed by atoms with E-state index in [-0.39, 0.29) is 5.84 Å². The number of nitrogens with two attached hydrogens (primary N) is 1. The summed E-state index contributed by atoms with van der Waals surface area (Å²) in [7, 11) is 1.59. The van der Waals surface area contributed by atoms with Gasteiger partial charge in [0, 0.05) is 23.9 Å². The topological polar surface area (TPSA) is 79.9 Å². The molecule has 0 aromatic heterocycles. The lowest BCUT2D eigenvalue weighted by Crippen LogP contribution is -2.14. The molecular weight excluding hydrogens is 273 g/mol. The fourth-order valence-corrected chi connectivity index (χ4v) is 1.90. The number of amidine groups is 1. The van der Waals surface area contributed by atoms with Crippen LogP contribution in [0.4, 0.5) is 10.1 Å². The highest BCUT2D eigenvalue weighted by Crippen LogP contribution is 2.18. The van der Waals surface area contributed by atoms with Crippen molar-refractivity contribution in [2.24, 2.45) is 10.9 Å². The van der Waals surface area contributed by atoms with Crippen molar-refractivity contribution in [3.05, 3.63) is 59.4 Å². The first kappa shape index (κ1) is 14.6. The van der Waals surface area contributed by atoms with Crippen molar-refractivity contribution in [1.82, 2.24) is 0 Å². The number of methoxy groups -OCH3 is 1. The summed E-state index contributed by atoms with van der Waals surface area (Å²) in [5.74, 6) is 0.162. The van der Waals surface area contributed by atoms with Crippen molar-refractivity contribution in [3.63, 3.8) is 0 Å². The number of rotatable bonds is 5. The maximum Gasteiger partial charge on any atom is 0.170 e. The second kappa shape index (κ2) is 6.60. The Kier molecular flexibility index (Phi) is 4.61. The first-order valence-electron chi connectivity index (χ1n) is 6.27. The van der Waals surface area contributed by atoms with Crippen LogP contribution in [0.25, 0.3) is 0 Å². The molecule has 2 aromatic carbocycles. The number of nitrogens with one attached hydrogen (secondary N) is 1. The van der Waals surface area contributed by atoms with Crippen molar-refractivity contribution < 1.29 is 14.3 Å². The second-order valence-electron chi connectivity index (χ2n) is 4.42. The number of nitrogens with zero attached hydrogens (tertiary/aromatic N) is 1.